The number of hydrogen-bond acceptors (Lipinski definition) is 3. The number of fused-ring (bicyclic) bond motifs is 1. The first-order valence-electron chi connectivity index (χ1n) is 6.64. The first-order chi connectivity index (χ1) is 10.8. The molecule has 8 heteroatoms. The molecule has 1 aromatic carbocycles. The number of benzene rings is 1. The van der Waals surface area contributed by atoms with Crippen LogP contribution in [0.2, 0.25) is 5.02 Å². The van der Waals surface area contributed by atoms with Gasteiger partial charge in [0, 0.05) is 28.4 Å². The molecule has 0 saturated carbocycles. The highest BCUT2D eigenvalue weighted by Crippen LogP contribution is 2.32. The largest absolute Gasteiger partial charge is 0.467 e. The number of nitrogens with zero attached hydrogens (tertiary/aromatic N) is 1. The zero-order valence-corrected chi connectivity index (χ0v) is 12.4. The summed E-state index contributed by atoms with van der Waals surface area (Å²) in [5, 5.41) is 0.396. The molecule has 2 heterocycles. The molecule has 0 atom stereocenters. The van der Waals surface area contributed by atoms with Crippen LogP contribution in [-0.2, 0) is 24.1 Å². The van der Waals surface area contributed by atoms with Crippen LogP contribution in [0.5, 0.6) is 5.75 Å². The lowest BCUT2D eigenvalue weighted by molar-refractivity contribution is -0.138. The summed E-state index contributed by atoms with van der Waals surface area (Å²) in [6, 6.07) is 4.88. The number of alkyl halides is 3. The fourth-order valence-corrected chi connectivity index (χ4v) is 2.64. The normalized spacial score (nSPS) is 14.3. The summed E-state index contributed by atoms with van der Waals surface area (Å²) in [6.45, 7) is 0.255. The molecule has 0 fully saturated rings. The van der Waals surface area contributed by atoms with Gasteiger partial charge in [-0.15, -0.1) is 0 Å². The predicted molar refractivity (Wildman–Crippen MR) is 76.5 cm³/mol. The van der Waals surface area contributed by atoms with Gasteiger partial charge >= 0.3 is 6.18 Å². The van der Waals surface area contributed by atoms with Gasteiger partial charge in [0.1, 0.15) is 5.75 Å². The van der Waals surface area contributed by atoms with Crippen LogP contribution in [0.25, 0.3) is 0 Å². The monoisotopic (exact) mass is 345 g/mol. The minimum Gasteiger partial charge on any atom is -0.467 e. The maximum atomic E-state index is 12.8. The number of halogens is 4. The van der Waals surface area contributed by atoms with Gasteiger partial charge in [0.2, 0.25) is 0 Å². The van der Waals surface area contributed by atoms with E-state index in [0.29, 0.717) is 28.5 Å². The van der Waals surface area contributed by atoms with E-state index in [4.69, 9.17) is 21.1 Å². The number of hydrogen-bond donors (Lipinski definition) is 0. The molecule has 1 aliphatic rings. The molecular formula is C15H11ClF3NO3. The van der Waals surface area contributed by atoms with Crippen molar-refractivity contribution in [2.75, 3.05) is 6.79 Å². The third-order valence-corrected chi connectivity index (χ3v) is 3.62. The molecule has 0 bridgehead atoms. The Labute approximate surface area is 134 Å². The van der Waals surface area contributed by atoms with Crippen LogP contribution in [0.1, 0.15) is 16.7 Å². The zero-order valence-electron chi connectivity index (χ0n) is 11.7. The number of rotatable bonds is 2. The number of aromatic nitrogens is 1. The Morgan fingerprint density at radius 1 is 1.26 bits per heavy atom. The fourth-order valence-electron chi connectivity index (χ4n) is 2.38. The highest BCUT2D eigenvalue weighted by molar-refractivity contribution is 6.30. The first-order valence-corrected chi connectivity index (χ1v) is 7.02. The van der Waals surface area contributed by atoms with Gasteiger partial charge in [-0.2, -0.15) is 13.2 Å². The van der Waals surface area contributed by atoms with Crippen molar-refractivity contribution >= 4 is 11.6 Å². The molecule has 2 aromatic rings. The van der Waals surface area contributed by atoms with Crippen molar-refractivity contribution < 1.29 is 22.6 Å². The van der Waals surface area contributed by atoms with Crippen molar-refractivity contribution in [2.45, 2.75) is 19.3 Å². The number of pyridine rings is 1. The Bertz CT molecular complexity index is 802. The minimum atomic E-state index is -4.52. The Morgan fingerprint density at radius 2 is 2.04 bits per heavy atom. The molecule has 0 saturated heterocycles. The highest BCUT2D eigenvalue weighted by Gasteiger charge is 2.31. The van der Waals surface area contributed by atoms with E-state index >= 15 is 0 Å². The quantitative estimate of drug-likeness (QED) is 0.837. The topological polar surface area (TPSA) is 40.5 Å². The standard InChI is InChI=1S/C15H11ClF3NO3/c16-12-3-9(14-10(4-12)7-22-8-23-14)5-20-6-11(15(17,18)19)1-2-13(20)21/h1-4,6H,5,7-8H2. The van der Waals surface area contributed by atoms with Crippen LogP contribution in [0, 0.1) is 0 Å². The van der Waals surface area contributed by atoms with Crippen molar-refractivity contribution in [3.8, 4) is 5.75 Å². The summed E-state index contributed by atoms with van der Waals surface area (Å²) in [7, 11) is 0. The molecule has 0 radical (unpaired) electrons. The lowest BCUT2D eigenvalue weighted by atomic mass is 10.1. The Morgan fingerprint density at radius 3 is 2.78 bits per heavy atom. The summed E-state index contributed by atoms with van der Waals surface area (Å²) >= 11 is 6.01. The highest BCUT2D eigenvalue weighted by atomic mass is 35.5. The van der Waals surface area contributed by atoms with Crippen molar-refractivity contribution in [1.82, 2.24) is 4.57 Å². The molecule has 0 unspecified atom stereocenters. The minimum absolute atomic E-state index is 0.0408. The fraction of sp³-hybridized carbons (Fsp3) is 0.267. The molecule has 3 rings (SSSR count). The van der Waals surface area contributed by atoms with E-state index in [-0.39, 0.29) is 13.3 Å². The second-order valence-electron chi connectivity index (χ2n) is 5.05. The van der Waals surface area contributed by atoms with Gasteiger partial charge in [0.25, 0.3) is 5.56 Å². The van der Waals surface area contributed by atoms with Gasteiger partial charge in [-0.05, 0) is 18.2 Å². The Kier molecular flexibility index (Phi) is 4.08. The molecule has 4 nitrogen and oxygen atoms in total. The predicted octanol–water partition coefficient (Wildman–Crippen LogP) is 3.44. The van der Waals surface area contributed by atoms with Crippen molar-refractivity contribution in [3.63, 3.8) is 0 Å². The first kappa shape index (κ1) is 15.9. The summed E-state index contributed by atoms with van der Waals surface area (Å²) in [6.07, 6.45) is -3.73. The SMILES string of the molecule is O=c1ccc(C(F)(F)F)cn1Cc1cc(Cl)cc2c1OCOC2. The molecule has 23 heavy (non-hydrogen) atoms. The van der Waals surface area contributed by atoms with Gasteiger partial charge in [0.05, 0.1) is 18.7 Å². The number of ether oxygens (including phenoxy) is 2. The van der Waals surface area contributed by atoms with Crippen molar-refractivity contribution in [1.29, 1.82) is 0 Å². The Hall–Kier alpha value is -1.99. The lowest BCUT2D eigenvalue weighted by Crippen LogP contribution is -2.23. The summed E-state index contributed by atoms with van der Waals surface area (Å²) < 4.78 is 49.9. The van der Waals surface area contributed by atoms with Gasteiger partial charge in [-0.3, -0.25) is 4.79 Å². The summed E-state index contributed by atoms with van der Waals surface area (Å²) in [5.41, 5.74) is -0.216. The van der Waals surface area contributed by atoms with E-state index in [0.717, 1.165) is 22.9 Å². The molecule has 1 aliphatic heterocycles. The van der Waals surface area contributed by atoms with E-state index in [1.54, 1.807) is 12.1 Å². The van der Waals surface area contributed by atoms with Crippen molar-refractivity contribution in [3.05, 3.63) is 62.5 Å². The molecular weight excluding hydrogens is 335 g/mol. The lowest BCUT2D eigenvalue weighted by Gasteiger charge is -2.21. The average molecular weight is 346 g/mol. The van der Waals surface area contributed by atoms with E-state index in [1.807, 2.05) is 0 Å². The smallest absolute Gasteiger partial charge is 0.417 e. The third kappa shape index (κ3) is 3.35. The van der Waals surface area contributed by atoms with Gasteiger partial charge < -0.3 is 14.0 Å². The van der Waals surface area contributed by atoms with E-state index < -0.39 is 17.3 Å². The van der Waals surface area contributed by atoms with E-state index in [9.17, 15) is 18.0 Å². The van der Waals surface area contributed by atoms with Crippen LogP contribution >= 0.6 is 11.6 Å². The van der Waals surface area contributed by atoms with Crippen LogP contribution in [0.15, 0.2) is 35.3 Å². The van der Waals surface area contributed by atoms with E-state index in [2.05, 4.69) is 0 Å². The average Bonchev–Trinajstić information content (AvgIpc) is 2.48. The van der Waals surface area contributed by atoms with Crippen LogP contribution < -0.4 is 10.3 Å². The van der Waals surface area contributed by atoms with Gasteiger partial charge in [0.15, 0.2) is 6.79 Å². The van der Waals surface area contributed by atoms with Gasteiger partial charge in [-0.25, -0.2) is 0 Å². The van der Waals surface area contributed by atoms with Crippen LogP contribution in [0.3, 0.4) is 0 Å². The zero-order chi connectivity index (χ0) is 16.6. The second kappa shape index (κ2) is 5.90. The summed E-state index contributed by atoms with van der Waals surface area (Å²) in [4.78, 5) is 11.9. The molecule has 122 valence electrons. The van der Waals surface area contributed by atoms with Gasteiger partial charge in [-0.1, -0.05) is 11.6 Å². The van der Waals surface area contributed by atoms with Crippen LogP contribution in [0.4, 0.5) is 13.2 Å². The second-order valence-corrected chi connectivity index (χ2v) is 5.48. The van der Waals surface area contributed by atoms with Crippen LogP contribution in [-0.4, -0.2) is 11.4 Å². The molecule has 0 amide bonds. The van der Waals surface area contributed by atoms with Crippen molar-refractivity contribution in [2.24, 2.45) is 0 Å². The molecule has 0 spiro atoms. The third-order valence-electron chi connectivity index (χ3n) is 3.40. The molecule has 1 aromatic heterocycles. The molecule has 0 aliphatic carbocycles. The van der Waals surface area contributed by atoms with E-state index in [1.165, 1.54) is 0 Å². The maximum Gasteiger partial charge on any atom is 0.417 e. The molecule has 0 N–H and O–H groups in total. The Balaban J connectivity index is 2.03. The maximum absolute atomic E-state index is 12.8. The summed E-state index contributed by atoms with van der Waals surface area (Å²) in [5.74, 6) is 0.491.